The lowest BCUT2D eigenvalue weighted by molar-refractivity contribution is -0.118. The van der Waals surface area contributed by atoms with E-state index in [-0.39, 0.29) is 17.6 Å². The summed E-state index contributed by atoms with van der Waals surface area (Å²) < 4.78 is 14.2. The highest BCUT2D eigenvalue weighted by Gasteiger charge is 2.40. The minimum atomic E-state index is -1.20. The van der Waals surface area contributed by atoms with Crippen LogP contribution in [-0.4, -0.2) is 24.1 Å². The lowest BCUT2D eigenvalue weighted by Crippen LogP contribution is -2.44. The Kier molecular flexibility index (Phi) is 5.91. The van der Waals surface area contributed by atoms with Gasteiger partial charge in [0.2, 0.25) is 5.91 Å². The maximum Gasteiger partial charge on any atom is 0.217 e. The van der Waals surface area contributed by atoms with Crippen molar-refractivity contribution in [3.8, 4) is 0 Å². The summed E-state index contributed by atoms with van der Waals surface area (Å²) in [5.74, 6) is -0.731. The summed E-state index contributed by atoms with van der Waals surface area (Å²) in [7, 11) is 0. The van der Waals surface area contributed by atoms with Crippen LogP contribution in [0.25, 0.3) is 0 Å². The van der Waals surface area contributed by atoms with Gasteiger partial charge in [-0.3, -0.25) is 4.79 Å². The fourth-order valence-electron chi connectivity index (χ4n) is 3.32. The van der Waals surface area contributed by atoms with Gasteiger partial charge in [-0.25, -0.2) is 4.39 Å². The highest BCUT2D eigenvalue weighted by Crippen LogP contribution is 2.39. The van der Waals surface area contributed by atoms with Gasteiger partial charge in [-0.05, 0) is 44.7 Å². The third-order valence-corrected chi connectivity index (χ3v) is 4.54. The van der Waals surface area contributed by atoms with Crippen LogP contribution in [0.1, 0.15) is 44.1 Å². The number of amides is 1. The molecule has 0 unspecified atom stereocenters. The summed E-state index contributed by atoms with van der Waals surface area (Å²) in [5, 5.41) is 14.5. The number of piperidine rings is 1. The summed E-state index contributed by atoms with van der Waals surface area (Å²) in [6.07, 6.45) is 3.84. The SMILES string of the molecule is NC(=O)CCCC[C@@](O)(c1ccccc1F)[C@@H]1CCCNC1. The Morgan fingerprint density at radius 3 is 2.82 bits per heavy atom. The van der Waals surface area contributed by atoms with Gasteiger partial charge < -0.3 is 16.2 Å². The number of hydrogen-bond donors (Lipinski definition) is 3. The molecular formula is C17H25FN2O2. The lowest BCUT2D eigenvalue weighted by atomic mass is 9.74. The first-order chi connectivity index (χ1) is 10.5. The van der Waals surface area contributed by atoms with Crippen molar-refractivity contribution in [3.63, 3.8) is 0 Å². The molecule has 0 saturated carbocycles. The van der Waals surface area contributed by atoms with Gasteiger partial charge in [0.05, 0.1) is 5.60 Å². The molecule has 0 spiro atoms. The first kappa shape index (κ1) is 16.9. The summed E-state index contributed by atoms with van der Waals surface area (Å²) >= 11 is 0. The second kappa shape index (κ2) is 7.70. The molecule has 5 heteroatoms. The summed E-state index contributed by atoms with van der Waals surface area (Å²) in [4.78, 5) is 10.8. The van der Waals surface area contributed by atoms with Crippen molar-refractivity contribution < 1.29 is 14.3 Å². The Bertz CT molecular complexity index is 503. The molecule has 0 aromatic heterocycles. The molecule has 0 bridgehead atoms. The highest BCUT2D eigenvalue weighted by molar-refractivity contribution is 5.73. The zero-order valence-corrected chi connectivity index (χ0v) is 12.9. The molecule has 1 aromatic rings. The molecule has 0 aliphatic carbocycles. The summed E-state index contributed by atoms with van der Waals surface area (Å²) in [5.41, 5.74) is 4.31. The number of aliphatic hydroxyl groups is 1. The zero-order chi connectivity index (χ0) is 16.0. The van der Waals surface area contributed by atoms with Gasteiger partial charge in [0, 0.05) is 24.4 Å². The Morgan fingerprint density at radius 2 is 2.18 bits per heavy atom. The largest absolute Gasteiger partial charge is 0.385 e. The normalized spacial score (nSPS) is 21.3. The van der Waals surface area contributed by atoms with E-state index in [1.165, 1.54) is 6.07 Å². The molecule has 0 radical (unpaired) electrons. The molecule has 1 saturated heterocycles. The van der Waals surface area contributed by atoms with Crippen molar-refractivity contribution in [2.45, 2.75) is 44.1 Å². The average Bonchev–Trinajstić information content (AvgIpc) is 2.52. The molecule has 22 heavy (non-hydrogen) atoms. The third-order valence-electron chi connectivity index (χ3n) is 4.54. The number of carbonyl (C=O) groups excluding carboxylic acids is 1. The third kappa shape index (κ3) is 4.05. The molecule has 1 aliphatic rings. The van der Waals surface area contributed by atoms with Gasteiger partial charge in [-0.2, -0.15) is 0 Å². The molecule has 1 fully saturated rings. The first-order valence-corrected chi connectivity index (χ1v) is 8.00. The van der Waals surface area contributed by atoms with Gasteiger partial charge in [-0.15, -0.1) is 0 Å². The van der Waals surface area contributed by atoms with Gasteiger partial charge in [0.15, 0.2) is 0 Å². The van der Waals surface area contributed by atoms with E-state index in [0.717, 1.165) is 19.4 Å². The molecule has 2 rings (SSSR count). The number of hydrogen-bond acceptors (Lipinski definition) is 3. The van der Waals surface area contributed by atoms with Crippen molar-refractivity contribution in [1.82, 2.24) is 5.32 Å². The van der Waals surface area contributed by atoms with E-state index in [1.54, 1.807) is 18.2 Å². The molecule has 122 valence electrons. The van der Waals surface area contributed by atoms with E-state index < -0.39 is 5.60 Å². The average molecular weight is 308 g/mol. The second-order valence-corrected chi connectivity index (χ2v) is 6.12. The molecule has 1 aromatic carbocycles. The fraction of sp³-hybridized carbons (Fsp3) is 0.588. The van der Waals surface area contributed by atoms with E-state index in [2.05, 4.69) is 5.32 Å². The summed E-state index contributed by atoms with van der Waals surface area (Å²) in [6.45, 7) is 1.62. The Labute approximate surface area is 130 Å². The van der Waals surface area contributed by atoms with Crippen molar-refractivity contribution >= 4 is 5.91 Å². The topological polar surface area (TPSA) is 75.4 Å². The number of halogens is 1. The predicted molar refractivity (Wildman–Crippen MR) is 83.6 cm³/mol. The zero-order valence-electron chi connectivity index (χ0n) is 12.9. The smallest absolute Gasteiger partial charge is 0.217 e. The number of primary amides is 1. The summed E-state index contributed by atoms with van der Waals surface area (Å²) in [6, 6.07) is 6.44. The van der Waals surface area contributed by atoms with Crippen LogP contribution in [0, 0.1) is 11.7 Å². The maximum absolute atomic E-state index is 14.2. The van der Waals surface area contributed by atoms with Gasteiger partial charge >= 0.3 is 0 Å². The van der Waals surface area contributed by atoms with Crippen LogP contribution >= 0.6 is 0 Å². The minimum Gasteiger partial charge on any atom is -0.385 e. The molecule has 1 aliphatic heterocycles. The lowest BCUT2D eigenvalue weighted by Gasteiger charge is -2.39. The number of carbonyl (C=O) groups is 1. The Balaban J connectivity index is 2.16. The number of nitrogens with two attached hydrogens (primary N) is 1. The molecular weight excluding hydrogens is 283 g/mol. The quantitative estimate of drug-likeness (QED) is 0.675. The van der Waals surface area contributed by atoms with Crippen LogP contribution in [0.2, 0.25) is 0 Å². The Morgan fingerprint density at radius 1 is 1.41 bits per heavy atom. The van der Waals surface area contributed by atoms with Gasteiger partial charge in [0.1, 0.15) is 5.82 Å². The predicted octanol–water partition coefficient (Wildman–Crippen LogP) is 2.06. The van der Waals surface area contributed by atoms with Crippen molar-refractivity contribution in [3.05, 3.63) is 35.6 Å². The minimum absolute atomic E-state index is 0.0215. The van der Waals surface area contributed by atoms with Crippen molar-refractivity contribution in [2.24, 2.45) is 11.7 Å². The van der Waals surface area contributed by atoms with Crippen molar-refractivity contribution in [1.29, 1.82) is 0 Å². The second-order valence-electron chi connectivity index (χ2n) is 6.12. The van der Waals surface area contributed by atoms with Gasteiger partial charge in [0.25, 0.3) is 0 Å². The van der Waals surface area contributed by atoms with Gasteiger partial charge in [-0.1, -0.05) is 18.2 Å². The van der Waals surface area contributed by atoms with Crippen LogP contribution < -0.4 is 11.1 Å². The maximum atomic E-state index is 14.2. The van der Waals surface area contributed by atoms with E-state index in [9.17, 15) is 14.3 Å². The van der Waals surface area contributed by atoms with Crippen LogP contribution in [0.3, 0.4) is 0 Å². The molecule has 1 heterocycles. The highest BCUT2D eigenvalue weighted by atomic mass is 19.1. The number of rotatable bonds is 7. The van der Waals surface area contributed by atoms with E-state index in [1.807, 2.05) is 0 Å². The molecule has 4 nitrogen and oxygen atoms in total. The first-order valence-electron chi connectivity index (χ1n) is 8.00. The Hall–Kier alpha value is -1.46. The standard InChI is InChI=1S/C17H25FN2O2/c18-15-8-2-1-7-14(15)17(22,10-4-3-9-16(19)21)13-6-5-11-20-12-13/h1-2,7-8,13,20,22H,3-6,9-12H2,(H2,19,21)/t13-,17+/m1/s1. The van der Waals surface area contributed by atoms with Crippen LogP contribution in [0.5, 0.6) is 0 Å². The molecule has 4 N–H and O–H groups in total. The molecule has 1 amide bonds. The van der Waals surface area contributed by atoms with Crippen LogP contribution in [0.15, 0.2) is 24.3 Å². The number of nitrogens with one attached hydrogen (secondary N) is 1. The van der Waals surface area contributed by atoms with E-state index >= 15 is 0 Å². The number of unbranched alkanes of at least 4 members (excludes halogenated alkanes) is 1. The monoisotopic (exact) mass is 308 g/mol. The van der Waals surface area contributed by atoms with E-state index in [0.29, 0.717) is 37.8 Å². The van der Waals surface area contributed by atoms with Crippen molar-refractivity contribution in [2.75, 3.05) is 13.1 Å². The van der Waals surface area contributed by atoms with Crippen LogP contribution in [0.4, 0.5) is 4.39 Å². The number of benzene rings is 1. The van der Waals surface area contributed by atoms with Crippen LogP contribution in [-0.2, 0) is 10.4 Å². The fourth-order valence-corrected chi connectivity index (χ4v) is 3.32. The molecule has 2 atom stereocenters. The van der Waals surface area contributed by atoms with E-state index in [4.69, 9.17) is 5.73 Å².